The summed E-state index contributed by atoms with van der Waals surface area (Å²) >= 11 is 6.15. The van der Waals surface area contributed by atoms with Gasteiger partial charge >= 0.3 is 5.89 Å². The van der Waals surface area contributed by atoms with Crippen LogP contribution in [0.2, 0.25) is 5.02 Å². The number of anilines is 2. The van der Waals surface area contributed by atoms with Crippen LogP contribution in [0, 0.1) is 13.8 Å². The van der Waals surface area contributed by atoms with Crippen molar-refractivity contribution in [2.75, 3.05) is 17.3 Å². The first-order chi connectivity index (χ1) is 16.8. The Kier molecular flexibility index (Phi) is 4.97. The normalized spacial score (nSPS) is 19.8. The Morgan fingerprint density at radius 2 is 1.89 bits per heavy atom. The van der Waals surface area contributed by atoms with Crippen LogP contribution in [0.4, 0.5) is 11.4 Å². The van der Waals surface area contributed by atoms with Gasteiger partial charge in [-0.1, -0.05) is 23.7 Å². The second-order valence-corrected chi connectivity index (χ2v) is 9.97. The number of hydrogen-bond donors (Lipinski definition) is 2. The second kappa shape index (κ2) is 7.95. The summed E-state index contributed by atoms with van der Waals surface area (Å²) in [5.74, 6) is 2.98. The molecule has 2 heterocycles. The van der Waals surface area contributed by atoms with Gasteiger partial charge in [-0.05, 0) is 67.3 Å². The smallest absolute Gasteiger partial charge is 0.379 e. The van der Waals surface area contributed by atoms with Gasteiger partial charge in [0.1, 0.15) is 18.9 Å². The van der Waals surface area contributed by atoms with Crippen molar-refractivity contribution in [1.82, 2.24) is 0 Å². The van der Waals surface area contributed by atoms with Crippen molar-refractivity contribution < 1.29 is 18.8 Å². The number of aryl methyl sites for hydroxylation is 3. The van der Waals surface area contributed by atoms with Gasteiger partial charge in [0.05, 0.1) is 5.69 Å². The van der Waals surface area contributed by atoms with E-state index in [-0.39, 0.29) is 0 Å². The highest BCUT2D eigenvalue weighted by Gasteiger charge is 2.39. The molecule has 1 aliphatic heterocycles. The summed E-state index contributed by atoms with van der Waals surface area (Å²) in [4.78, 5) is 1.96. The lowest BCUT2D eigenvalue weighted by atomic mass is 10.0. The summed E-state index contributed by atoms with van der Waals surface area (Å²) in [6, 6.07) is 16.3. The fraction of sp³-hybridized carbons (Fsp3) is 0.250. The molecule has 4 aromatic rings. The third-order valence-electron chi connectivity index (χ3n) is 7.02. The lowest BCUT2D eigenvalue weighted by molar-refractivity contribution is -0.652. The molecule has 2 N–H and O–H groups in total. The van der Waals surface area contributed by atoms with Gasteiger partial charge < -0.3 is 24.5 Å². The van der Waals surface area contributed by atoms with Crippen molar-refractivity contribution in [2.24, 2.45) is 7.05 Å². The van der Waals surface area contributed by atoms with E-state index in [1.165, 1.54) is 5.56 Å². The van der Waals surface area contributed by atoms with E-state index in [0.717, 1.165) is 45.8 Å². The third-order valence-corrected chi connectivity index (χ3v) is 7.26. The number of oxazole rings is 1. The number of phenolic OH excluding ortho intramolecular Hbond substituents is 1. The molecule has 1 saturated carbocycles. The molecule has 0 spiro atoms. The number of rotatable bonds is 4. The molecule has 6 nitrogen and oxygen atoms in total. The van der Waals surface area contributed by atoms with Crippen LogP contribution in [0.1, 0.15) is 34.9 Å². The lowest BCUT2D eigenvalue weighted by Gasteiger charge is -2.09. The molecule has 178 valence electrons. The number of nitrogens with zero attached hydrogens (tertiary/aromatic N) is 2. The minimum absolute atomic E-state index is 0.375. The van der Waals surface area contributed by atoms with Crippen molar-refractivity contribution in [2.45, 2.75) is 32.2 Å². The van der Waals surface area contributed by atoms with Gasteiger partial charge in [0.2, 0.25) is 11.5 Å². The van der Waals surface area contributed by atoms with Crippen LogP contribution in [0.5, 0.6) is 11.5 Å². The molecule has 1 aliphatic carbocycles. The maximum atomic E-state index is 10.1. The number of nitrogens with one attached hydrogen (secondary N) is 1. The number of fused-ring (bicyclic) bond motifs is 2. The number of aromatic hydroxyl groups is 1. The predicted molar refractivity (Wildman–Crippen MR) is 138 cm³/mol. The average Bonchev–Trinajstić information content (AvgIpc) is 3.44. The Morgan fingerprint density at radius 3 is 2.66 bits per heavy atom. The Labute approximate surface area is 209 Å². The van der Waals surface area contributed by atoms with Gasteiger partial charge in [-0.3, -0.25) is 0 Å². The van der Waals surface area contributed by atoms with Crippen LogP contribution in [0.15, 0.2) is 58.8 Å². The molecule has 3 aromatic carbocycles. The predicted octanol–water partition coefficient (Wildman–Crippen LogP) is 6.03. The van der Waals surface area contributed by atoms with E-state index in [1.807, 2.05) is 67.8 Å². The first kappa shape index (κ1) is 21.9. The minimum atomic E-state index is 0.375. The fourth-order valence-electron chi connectivity index (χ4n) is 4.89. The van der Waals surface area contributed by atoms with Gasteiger partial charge in [-0.25, -0.2) is 0 Å². The lowest BCUT2D eigenvalue weighted by Crippen LogP contribution is -2.30. The van der Waals surface area contributed by atoms with Crippen molar-refractivity contribution in [1.29, 1.82) is 0 Å². The summed E-state index contributed by atoms with van der Waals surface area (Å²) in [7, 11) is 3.94. The summed E-state index contributed by atoms with van der Waals surface area (Å²) < 4.78 is 14.2. The molecule has 0 bridgehead atoms. The standard InChI is InChI=1S/C28H26ClN3O3/c1-15-9-17(10-16(2)28(15)33)20-13-21(20)30-19-6-8-25-23(12-19)32(4)27(35-25)14-26-31(3)22-11-18(29)5-7-24(22)34-26/h5-12,14,20-21,30H,13H2,1-4H3/p+1. The number of hydrogen-bond acceptors (Lipinski definition) is 5. The number of aromatic nitrogens is 1. The Morgan fingerprint density at radius 1 is 1.11 bits per heavy atom. The van der Waals surface area contributed by atoms with Crippen LogP contribution < -0.4 is 19.5 Å². The van der Waals surface area contributed by atoms with Crippen LogP contribution in [0.25, 0.3) is 17.2 Å². The number of ether oxygens (including phenoxy) is 1. The van der Waals surface area contributed by atoms with E-state index in [9.17, 15) is 5.11 Å². The summed E-state index contributed by atoms with van der Waals surface area (Å²) in [5.41, 5.74) is 6.93. The van der Waals surface area contributed by atoms with E-state index in [4.69, 9.17) is 20.8 Å². The van der Waals surface area contributed by atoms with Crippen molar-refractivity contribution in [3.63, 3.8) is 0 Å². The average molecular weight is 489 g/mol. The maximum absolute atomic E-state index is 10.1. The van der Waals surface area contributed by atoms with Gasteiger partial charge in [0.15, 0.2) is 5.75 Å². The molecular formula is C28H27ClN3O3+. The van der Waals surface area contributed by atoms with Gasteiger partial charge in [0.25, 0.3) is 5.52 Å². The van der Waals surface area contributed by atoms with E-state index >= 15 is 0 Å². The molecule has 0 saturated heterocycles. The highest BCUT2D eigenvalue weighted by atomic mass is 35.5. The third kappa shape index (κ3) is 3.78. The molecule has 6 rings (SSSR count). The van der Waals surface area contributed by atoms with Crippen LogP contribution >= 0.6 is 11.6 Å². The summed E-state index contributed by atoms with van der Waals surface area (Å²) in [6.07, 6.45) is 2.97. The zero-order valence-corrected chi connectivity index (χ0v) is 20.8. The van der Waals surface area contributed by atoms with Crippen molar-refractivity contribution in [3.8, 4) is 11.5 Å². The van der Waals surface area contributed by atoms with Crippen LogP contribution in [0.3, 0.4) is 0 Å². The molecule has 1 aromatic heterocycles. The Hall–Kier alpha value is -3.64. The molecule has 0 radical (unpaired) electrons. The Balaban J connectivity index is 1.23. The first-order valence-corrected chi connectivity index (χ1v) is 12.1. The molecule has 2 aliphatic rings. The van der Waals surface area contributed by atoms with Gasteiger partial charge in [-0.2, -0.15) is 4.57 Å². The topological polar surface area (TPSA) is 61.8 Å². The molecular weight excluding hydrogens is 462 g/mol. The molecule has 0 amide bonds. The molecule has 1 fully saturated rings. The molecule has 2 unspecified atom stereocenters. The number of benzene rings is 3. The summed E-state index contributed by atoms with van der Waals surface area (Å²) in [5, 5.41) is 14.4. The number of halogens is 1. The van der Waals surface area contributed by atoms with E-state index in [2.05, 4.69) is 29.6 Å². The number of phenols is 1. The SMILES string of the molecule is Cc1cc(C2CC2Nc2ccc3oc(C=C4Oc5ccc(Cl)cc5N4C)[n+](C)c3c2)cc(C)c1O. The second-order valence-electron chi connectivity index (χ2n) is 9.53. The largest absolute Gasteiger partial charge is 0.507 e. The molecule has 35 heavy (non-hydrogen) atoms. The Bertz CT molecular complexity index is 1500. The maximum Gasteiger partial charge on any atom is 0.379 e. The van der Waals surface area contributed by atoms with Crippen LogP contribution in [-0.2, 0) is 7.05 Å². The highest BCUT2D eigenvalue weighted by molar-refractivity contribution is 6.31. The highest BCUT2D eigenvalue weighted by Crippen LogP contribution is 2.45. The minimum Gasteiger partial charge on any atom is -0.507 e. The van der Waals surface area contributed by atoms with Crippen molar-refractivity contribution >= 4 is 40.2 Å². The zero-order chi connectivity index (χ0) is 24.4. The van der Waals surface area contributed by atoms with Gasteiger partial charge in [-0.15, -0.1) is 0 Å². The summed E-state index contributed by atoms with van der Waals surface area (Å²) in [6.45, 7) is 3.91. The van der Waals surface area contributed by atoms with E-state index < -0.39 is 0 Å². The van der Waals surface area contributed by atoms with E-state index in [1.54, 1.807) is 0 Å². The zero-order valence-electron chi connectivity index (χ0n) is 20.1. The van der Waals surface area contributed by atoms with Crippen LogP contribution in [-0.4, -0.2) is 18.2 Å². The monoisotopic (exact) mass is 488 g/mol. The molecule has 2 atom stereocenters. The first-order valence-electron chi connectivity index (χ1n) is 11.7. The van der Waals surface area contributed by atoms with Crippen molar-refractivity contribution in [3.05, 3.63) is 82.0 Å². The van der Waals surface area contributed by atoms with Gasteiger partial charge in [0, 0.05) is 35.8 Å². The molecule has 7 heteroatoms. The van der Waals surface area contributed by atoms with E-state index in [0.29, 0.717) is 34.5 Å². The quantitative estimate of drug-likeness (QED) is 0.343. The fourth-order valence-corrected chi connectivity index (χ4v) is 5.06.